The van der Waals surface area contributed by atoms with E-state index in [9.17, 15) is 0 Å². The zero-order valence-electron chi connectivity index (χ0n) is 14.9. The van der Waals surface area contributed by atoms with Gasteiger partial charge in [0.05, 0.1) is 4.47 Å². The van der Waals surface area contributed by atoms with Gasteiger partial charge in [-0.15, -0.1) is 0 Å². The summed E-state index contributed by atoms with van der Waals surface area (Å²) in [5.74, 6) is 0.850. The van der Waals surface area contributed by atoms with Gasteiger partial charge in [0, 0.05) is 16.7 Å². The number of hydrogen-bond donors (Lipinski definition) is 1. The summed E-state index contributed by atoms with van der Waals surface area (Å²) >= 11 is 7.07. The molecule has 0 saturated carbocycles. The van der Waals surface area contributed by atoms with E-state index in [1.165, 1.54) is 22.4 Å². The van der Waals surface area contributed by atoms with Crippen LogP contribution in [0.2, 0.25) is 0 Å². The Hall–Kier alpha value is -1.78. The molecule has 0 aliphatic carbocycles. The highest BCUT2D eigenvalue weighted by Gasteiger charge is 2.05. The molecule has 3 aromatic carbocycles. The van der Waals surface area contributed by atoms with Gasteiger partial charge >= 0.3 is 0 Å². The largest absolute Gasteiger partial charge is 0.488 e. The topological polar surface area (TPSA) is 21.3 Å². The fraction of sp³-hybridized carbons (Fsp3) is 0.182. The zero-order chi connectivity index (χ0) is 18.5. The van der Waals surface area contributed by atoms with Gasteiger partial charge in [0.1, 0.15) is 12.4 Å². The summed E-state index contributed by atoms with van der Waals surface area (Å²) in [6.07, 6.45) is 0. The van der Waals surface area contributed by atoms with E-state index in [1.807, 2.05) is 18.2 Å². The lowest BCUT2D eigenvalue weighted by Crippen LogP contribution is -2.02. The highest BCUT2D eigenvalue weighted by molar-refractivity contribution is 9.10. The molecule has 0 atom stereocenters. The van der Waals surface area contributed by atoms with E-state index in [2.05, 4.69) is 93.5 Å². The number of nitrogens with one attached hydrogen (secondary N) is 1. The molecule has 3 rings (SSSR count). The van der Waals surface area contributed by atoms with Crippen molar-refractivity contribution in [2.75, 3.05) is 5.32 Å². The maximum atomic E-state index is 5.93. The average molecular weight is 475 g/mol. The normalized spacial score (nSPS) is 10.6. The van der Waals surface area contributed by atoms with Crippen LogP contribution in [-0.4, -0.2) is 0 Å². The number of aryl methyl sites for hydroxylation is 2. The standard InChI is InChI=1S/C22H21Br2NO/c1-15-3-4-16(2)21(11-15)25-13-18-7-10-22(20(24)12-18)26-14-17-5-8-19(23)9-6-17/h3-12,25H,13-14H2,1-2H3. The van der Waals surface area contributed by atoms with Crippen LogP contribution in [0.5, 0.6) is 5.75 Å². The van der Waals surface area contributed by atoms with Crippen molar-refractivity contribution >= 4 is 37.5 Å². The fourth-order valence-electron chi connectivity index (χ4n) is 2.64. The predicted molar refractivity (Wildman–Crippen MR) is 116 cm³/mol. The van der Waals surface area contributed by atoms with Crippen LogP contribution in [0.1, 0.15) is 22.3 Å². The molecule has 3 aromatic rings. The van der Waals surface area contributed by atoms with Crippen molar-refractivity contribution in [2.24, 2.45) is 0 Å². The lowest BCUT2D eigenvalue weighted by Gasteiger charge is -2.13. The van der Waals surface area contributed by atoms with Gasteiger partial charge in [-0.05, 0) is 82.4 Å². The average Bonchev–Trinajstić information content (AvgIpc) is 2.63. The van der Waals surface area contributed by atoms with Gasteiger partial charge in [0.2, 0.25) is 0 Å². The molecule has 1 N–H and O–H groups in total. The molecule has 0 bridgehead atoms. The van der Waals surface area contributed by atoms with E-state index >= 15 is 0 Å². The van der Waals surface area contributed by atoms with Crippen molar-refractivity contribution in [2.45, 2.75) is 27.0 Å². The molecule has 0 radical (unpaired) electrons. The van der Waals surface area contributed by atoms with Crippen LogP contribution in [-0.2, 0) is 13.2 Å². The van der Waals surface area contributed by atoms with E-state index in [4.69, 9.17) is 4.74 Å². The Kier molecular flexibility index (Phi) is 6.38. The molecule has 0 unspecified atom stereocenters. The first-order valence-electron chi connectivity index (χ1n) is 8.48. The van der Waals surface area contributed by atoms with Gasteiger partial charge in [-0.25, -0.2) is 0 Å². The molecular formula is C22H21Br2NO. The minimum atomic E-state index is 0.548. The van der Waals surface area contributed by atoms with Gasteiger partial charge in [-0.1, -0.05) is 46.3 Å². The first-order valence-corrected chi connectivity index (χ1v) is 10.1. The minimum Gasteiger partial charge on any atom is -0.488 e. The molecule has 26 heavy (non-hydrogen) atoms. The van der Waals surface area contributed by atoms with Gasteiger partial charge in [-0.3, -0.25) is 0 Å². The molecular weight excluding hydrogens is 454 g/mol. The van der Waals surface area contributed by atoms with Crippen molar-refractivity contribution in [1.29, 1.82) is 0 Å². The molecule has 0 spiro atoms. The quantitative estimate of drug-likeness (QED) is 0.414. The maximum Gasteiger partial charge on any atom is 0.134 e. The summed E-state index contributed by atoms with van der Waals surface area (Å²) in [6, 6.07) is 20.8. The van der Waals surface area contributed by atoms with Crippen molar-refractivity contribution in [1.82, 2.24) is 0 Å². The third kappa shape index (κ3) is 5.12. The van der Waals surface area contributed by atoms with E-state index in [-0.39, 0.29) is 0 Å². The first kappa shape index (κ1) is 19.0. The van der Waals surface area contributed by atoms with Gasteiger partial charge in [0.25, 0.3) is 0 Å². The Morgan fingerprint density at radius 3 is 2.31 bits per heavy atom. The Labute approximate surface area is 171 Å². The second-order valence-electron chi connectivity index (χ2n) is 6.35. The molecule has 0 amide bonds. The van der Waals surface area contributed by atoms with Crippen LogP contribution < -0.4 is 10.1 Å². The Bertz CT molecular complexity index is 891. The monoisotopic (exact) mass is 473 g/mol. The van der Waals surface area contributed by atoms with Crippen LogP contribution in [0.15, 0.2) is 69.6 Å². The fourth-order valence-corrected chi connectivity index (χ4v) is 3.44. The number of rotatable bonds is 6. The van der Waals surface area contributed by atoms with Crippen molar-refractivity contribution in [3.63, 3.8) is 0 Å². The molecule has 0 aliphatic heterocycles. The SMILES string of the molecule is Cc1ccc(C)c(NCc2ccc(OCc3ccc(Br)cc3)c(Br)c2)c1. The molecule has 4 heteroatoms. The molecule has 0 heterocycles. The van der Waals surface area contributed by atoms with E-state index in [1.54, 1.807) is 0 Å². The number of halogens is 2. The molecule has 0 fully saturated rings. The Balaban J connectivity index is 1.61. The molecule has 0 aliphatic rings. The van der Waals surface area contributed by atoms with Gasteiger partial charge in [-0.2, -0.15) is 0 Å². The van der Waals surface area contributed by atoms with Crippen LogP contribution in [0.25, 0.3) is 0 Å². The number of benzene rings is 3. The zero-order valence-corrected chi connectivity index (χ0v) is 18.0. The lowest BCUT2D eigenvalue weighted by atomic mass is 10.1. The molecule has 0 saturated heterocycles. The van der Waals surface area contributed by atoms with E-state index in [0.29, 0.717) is 6.61 Å². The highest BCUT2D eigenvalue weighted by Crippen LogP contribution is 2.27. The second kappa shape index (κ2) is 8.74. The van der Waals surface area contributed by atoms with Crippen LogP contribution in [0, 0.1) is 13.8 Å². The Morgan fingerprint density at radius 1 is 0.846 bits per heavy atom. The van der Waals surface area contributed by atoms with Crippen LogP contribution in [0.3, 0.4) is 0 Å². The number of ether oxygens (including phenoxy) is 1. The summed E-state index contributed by atoms with van der Waals surface area (Å²) in [7, 11) is 0. The van der Waals surface area contributed by atoms with Gasteiger partial charge < -0.3 is 10.1 Å². The highest BCUT2D eigenvalue weighted by atomic mass is 79.9. The van der Waals surface area contributed by atoms with Gasteiger partial charge in [0.15, 0.2) is 0 Å². The summed E-state index contributed by atoms with van der Waals surface area (Å²) in [4.78, 5) is 0. The van der Waals surface area contributed by atoms with Crippen molar-refractivity contribution < 1.29 is 4.74 Å². The smallest absolute Gasteiger partial charge is 0.134 e. The van der Waals surface area contributed by atoms with Crippen LogP contribution in [0.4, 0.5) is 5.69 Å². The lowest BCUT2D eigenvalue weighted by molar-refractivity contribution is 0.304. The maximum absolute atomic E-state index is 5.93. The second-order valence-corrected chi connectivity index (χ2v) is 8.12. The predicted octanol–water partition coefficient (Wildman–Crippen LogP) is 7.02. The van der Waals surface area contributed by atoms with Crippen LogP contribution >= 0.6 is 31.9 Å². The van der Waals surface area contributed by atoms with Crippen molar-refractivity contribution in [3.05, 3.63) is 91.9 Å². The molecule has 2 nitrogen and oxygen atoms in total. The first-order chi connectivity index (χ1) is 12.5. The molecule has 134 valence electrons. The summed E-state index contributed by atoms with van der Waals surface area (Å²) in [6.45, 7) is 5.55. The Morgan fingerprint density at radius 2 is 1.58 bits per heavy atom. The van der Waals surface area contributed by atoms with E-state index < -0.39 is 0 Å². The third-order valence-electron chi connectivity index (χ3n) is 4.18. The van der Waals surface area contributed by atoms with E-state index in [0.717, 1.165) is 26.8 Å². The summed E-state index contributed by atoms with van der Waals surface area (Å²) < 4.78 is 7.97. The molecule has 0 aromatic heterocycles. The number of hydrogen-bond acceptors (Lipinski definition) is 2. The summed E-state index contributed by atoms with van der Waals surface area (Å²) in [5.41, 5.74) is 6.03. The third-order valence-corrected chi connectivity index (χ3v) is 5.33. The van der Waals surface area contributed by atoms with Crippen molar-refractivity contribution in [3.8, 4) is 5.75 Å². The summed E-state index contributed by atoms with van der Waals surface area (Å²) in [5, 5.41) is 3.51. The minimum absolute atomic E-state index is 0.548. The number of anilines is 1.